The molecule has 0 saturated heterocycles. The molecule has 1 aromatic heterocycles. The van der Waals surface area contributed by atoms with Crippen LogP contribution in [0.15, 0.2) is 42.5 Å². The number of halogens is 2. The van der Waals surface area contributed by atoms with Crippen molar-refractivity contribution in [2.45, 2.75) is 45.1 Å². The molecule has 1 aliphatic heterocycles. The highest BCUT2D eigenvalue weighted by Gasteiger charge is 2.36. The van der Waals surface area contributed by atoms with Crippen LogP contribution in [0.2, 0.25) is 5.02 Å². The molecule has 6 heteroatoms. The molecule has 2 aromatic carbocycles. The lowest BCUT2D eigenvalue weighted by atomic mass is 9.88. The van der Waals surface area contributed by atoms with Crippen LogP contribution >= 0.6 is 22.9 Å². The van der Waals surface area contributed by atoms with Crippen LogP contribution in [0.4, 0.5) is 14.9 Å². The van der Waals surface area contributed by atoms with E-state index in [1.807, 2.05) is 35.3 Å². The van der Waals surface area contributed by atoms with Crippen molar-refractivity contribution in [2.24, 2.45) is 0 Å². The zero-order chi connectivity index (χ0) is 21.5. The normalized spacial score (nSPS) is 17.8. The average Bonchev–Trinajstić information content (AvgIpc) is 3.15. The number of carbonyl (C=O) groups is 1. The highest BCUT2D eigenvalue weighted by Crippen LogP contribution is 2.45. The van der Waals surface area contributed by atoms with E-state index in [-0.39, 0.29) is 17.9 Å². The second-order valence-corrected chi connectivity index (χ2v) is 9.91. The van der Waals surface area contributed by atoms with Crippen LogP contribution in [0, 0.1) is 12.7 Å². The zero-order valence-corrected chi connectivity index (χ0v) is 19.0. The Bertz CT molecular complexity index is 1140. The minimum absolute atomic E-state index is 0.156. The van der Waals surface area contributed by atoms with Crippen LogP contribution in [0.5, 0.6) is 0 Å². The van der Waals surface area contributed by atoms with Crippen LogP contribution in [0.1, 0.15) is 50.9 Å². The molecule has 2 heterocycles. The van der Waals surface area contributed by atoms with Crippen molar-refractivity contribution >= 4 is 34.7 Å². The summed E-state index contributed by atoms with van der Waals surface area (Å²) < 4.78 is 13.7. The molecular formula is C25H24ClFN2OS. The predicted molar refractivity (Wildman–Crippen MR) is 125 cm³/mol. The topological polar surface area (TPSA) is 32.3 Å². The summed E-state index contributed by atoms with van der Waals surface area (Å²) in [6.45, 7) is 2.58. The van der Waals surface area contributed by atoms with E-state index in [1.54, 1.807) is 18.2 Å². The summed E-state index contributed by atoms with van der Waals surface area (Å²) in [5.74, 6) is -0.268. The SMILES string of the molecule is Cc1ccc(Cl)cc1NC(=O)N1CCc2c(sc3c2CCCC3)[C@@H]1c1ccc(F)cc1. The van der Waals surface area contributed by atoms with Gasteiger partial charge in [0.05, 0.1) is 6.04 Å². The number of carbonyl (C=O) groups excluding carboxylic acids is 1. The van der Waals surface area contributed by atoms with Crippen molar-refractivity contribution in [1.82, 2.24) is 4.90 Å². The van der Waals surface area contributed by atoms with Crippen LogP contribution in [0.3, 0.4) is 0 Å². The maximum Gasteiger partial charge on any atom is 0.322 e. The first-order valence-electron chi connectivity index (χ1n) is 10.7. The second-order valence-electron chi connectivity index (χ2n) is 8.34. The Hall–Kier alpha value is -2.37. The lowest BCUT2D eigenvalue weighted by Gasteiger charge is -2.36. The van der Waals surface area contributed by atoms with E-state index >= 15 is 0 Å². The van der Waals surface area contributed by atoms with Gasteiger partial charge in [-0.3, -0.25) is 0 Å². The van der Waals surface area contributed by atoms with Crippen LogP contribution < -0.4 is 5.32 Å². The van der Waals surface area contributed by atoms with Gasteiger partial charge in [0, 0.05) is 27.0 Å². The highest BCUT2D eigenvalue weighted by atomic mass is 35.5. The number of benzene rings is 2. The minimum atomic E-state index is -0.268. The molecule has 31 heavy (non-hydrogen) atoms. The number of amides is 2. The molecule has 0 radical (unpaired) electrons. The quantitative estimate of drug-likeness (QED) is 0.448. The Labute approximate surface area is 190 Å². The van der Waals surface area contributed by atoms with Crippen molar-refractivity contribution in [3.05, 3.63) is 85.3 Å². The fourth-order valence-electron chi connectivity index (χ4n) is 4.76. The van der Waals surface area contributed by atoms with E-state index in [9.17, 15) is 9.18 Å². The summed E-state index contributed by atoms with van der Waals surface area (Å²) >= 11 is 7.99. The largest absolute Gasteiger partial charge is 0.322 e. The van der Waals surface area contributed by atoms with Gasteiger partial charge < -0.3 is 10.2 Å². The van der Waals surface area contributed by atoms with E-state index < -0.39 is 0 Å². The predicted octanol–water partition coefficient (Wildman–Crippen LogP) is 6.91. The number of anilines is 1. The lowest BCUT2D eigenvalue weighted by molar-refractivity contribution is 0.195. The summed E-state index contributed by atoms with van der Waals surface area (Å²) in [5.41, 5.74) is 5.53. The van der Waals surface area contributed by atoms with E-state index in [4.69, 9.17) is 11.6 Å². The van der Waals surface area contributed by atoms with Crippen molar-refractivity contribution in [3.8, 4) is 0 Å². The molecule has 3 aromatic rings. The molecule has 0 bridgehead atoms. The number of aryl methyl sites for hydroxylation is 2. The Morgan fingerprint density at radius 1 is 1.10 bits per heavy atom. The summed E-state index contributed by atoms with van der Waals surface area (Å²) in [6, 6.07) is 11.7. The van der Waals surface area contributed by atoms with Crippen LogP contribution in [-0.2, 0) is 19.3 Å². The average molecular weight is 455 g/mol. The number of nitrogens with zero attached hydrogens (tertiary/aromatic N) is 1. The van der Waals surface area contributed by atoms with E-state index in [0.717, 1.165) is 30.4 Å². The molecule has 5 rings (SSSR count). The van der Waals surface area contributed by atoms with Gasteiger partial charge in [-0.25, -0.2) is 9.18 Å². The smallest absolute Gasteiger partial charge is 0.312 e. The van der Waals surface area contributed by atoms with Crippen molar-refractivity contribution < 1.29 is 9.18 Å². The van der Waals surface area contributed by atoms with E-state index in [2.05, 4.69) is 5.32 Å². The molecule has 1 aliphatic carbocycles. The summed E-state index contributed by atoms with van der Waals surface area (Å²) in [5, 5.41) is 3.64. The monoisotopic (exact) mass is 454 g/mol. The highest BCUT2D eigenvalue weighted by molar-refractivity contribution is 7.12. The third-order valence-electron chi connectivity index (χ3n) is 6.36. The molecule has 1 atom stereocenters. The summed E-state index contributed by atoms with van der Waals surface area (Å²) in [7, 11) is 0. The fourth-order valence-corrected chi connectivity index (χ4v) is 6.52. The molecule has 3 nitrogen and oxygen atoms in total. The number of hydrogen-bond donors (Lipinski definition) is 1. The van der Waals surface area contributed by atoms with Gasteiger partial charge in [0.1, 0.15) is 5.82 Å². The molecule has 0 unspecified atom stereocenters. The Morgan fingerprint density at radius 2 is 1.87 bits per heavy atom. The van der Waals surface area contributed by atoms with Crippen molar-refractivity contribution in [1.29, 1.82) is 0 Å². The molecular weight excluding hydrogens is 431 g/mol. The van der Waals surface area contributed by atoms with E-state index in [0.29, 0.717) is 17.3 Å². The second kappa shape index (κ2) is 8.29. The molecule has 2 aliphatic rings. The maximum atomic E-state index is 13.7. The standard InChI is InChI=1S/C25H24ClFN2OS/c1-15-6-9-17(26)14-21(15)28-25(30)29-13-12-20-19-4-2-3-5-22(19)31-24(20)23(29)16-7-10-18(27)11-8-16/h6-11,14,23H,2-5,12-13H2,1H3,(H,28,30)/t23-/m0/s1. The number of rotatable bonds is 2. The van der Waals surface area contributed by atoms with Gasteiger partial charge in [-0.1, -0.05) is 29.8 Å². The number of fused-ring (bicyclic) bond motifs is 3. The summed E-state index contributed by atoms with van der Waals surface area (Å²) in [4.78, 5) is 18.0. The van der Waals surface area contributed by atoms with Crippen LogP contribution in [0.25, 0.3) is 0 Å². The summed E-state index contributed by atoms with van der Waals surface area (Å²) in [6.07, 6.45) is 5.57. The Balaban J connectivity index is 1.54. The van der Waals surface area contributed by atoms with Gasteiger partial charge in [-0.05, 0) is 85.5 Å². The van der Waals surface area contributed by atoms with Gasteiger partial charge in [0.15, 0.2) is 0 Å². The number of nitrogens with one attached hydrogen (secondary N) is 1. The molecule has 2 amide bonds. The number of hydrogen-bond acceptors (Lipinski definition) is 2. The number of thiophene rings is 1. The van der Waals surface area contributed by atoms with Gasteiger partial charge >= 0.3 is 6.03 Å². The third-order valence-corrected chi connectivity index (χ3v) is 7.98. The maximum absolute atomic E-state index is 13.7. The van der Waals surface area contributed by atoms with Crippen molar-refractivity contribution in [3.63, 3.8) is 0 Å². The zero-order valence-electron chi connectivity index (χ0n) is 17.4. The van der Waals surface area contributed by atoms with E-state index in [1.165, 1.54) is 45.9 Å². The molecule has 0 saturated carbocycles. The Morgan fingerprint density at radius 3 is 2.68 bits per heavy atom. The number of urea groups is 1. The molecule has 0 spiro atoms. The molecule has 0 fully saturated rings. The fraction of sp³-hybridized carbons (Fsp3) is 0.320. The molecule has 160 valence electrons. The van der Waals surface area contributed by atoms with Gasteiger partial charge in [-0.15, -0.1) is 11.3 Å². The first-order valence-corrected chi connectivity index (χ1v) is 11.9. The Kier molecular flexibility index (Phi) is 5.49. The lowest BCUT2D eigenvalue weighted by Crippen LogP contribution is -2.42. The first-order chi connectivity index (χ1) is 15.0. The minimum Gasteiger partial charge on any atom is -0.312 e. The molecule has 1 N–H and O–H groups in total. The van der Waals surface area contributed by atoms with Gasteiger partial charge in [0.25, 0.3) is 0 Å². The van der Waals surface area contributed by atoms with Gasteiger partial charge in [-0.2, -0.15) is 0 Å². The van der Waals surface area contributed by atoms with Crippen LogP contribution in [-0.4, -0.2) is 17.5 Å². The first kappa shape index (κ1) is 20.5. The van der Waals surface area contributed by atoms with Gasteiger partial charge in [0.2, 0.25) is 0 Å². The van der Waals surface area contributed by atoms with Crippen molar-refractivity contribution in [2.75, 3.05) is 11.9 Å². The third kappa shape index (κ3) is 3.85.